The molecule has 0 bridgehead atoms. The standard InChI is InChI=1S/C23H24FNO2/c1-2-5-16-8-10-18(11-9-16)23(15-25)13-12-17(22(26)27)14-20(23)19-6-3-4-7-21(19)24/h2-7,12-14,16-18H,8-11H2,1H3,(H,26,27)/b5-2+/t16-,17?,18-,23?. The predicted octanol–water partition coefficient (Wildman–Crippen LogP) is 5.37. The molecule has 140 valence electrons. The fraction of sp³-hybridized carbons (Fsp3) is 0.391. The molecule has 2 atom stereocenters. The maximum Gasteiger partial charge on any atom is 0.314 e. The van der Waals surface area contributed by atoms with Crippen LogP contribution in [0.3, 0.4) is 0 Å². The Morgan fingerprint density at radius 3 is 2.59 bits per heavy atom. The van der Waals surface area contributed by atoms with Gasteiger partial charge in [0.2, 0.25) is 0 Å². The van der Waals surface area contributed by atoms with Gasteiger partial charge in [0.05, 0.1) is 12.0 Å². The molecule has 1 aromatic rings. The Bertz CT molecular complexity index is 840. The van der Waals surface area contributed by atoms with Crippen molar-refractivity contribution in [2.45, 2.75) is 32.6 Å². The van der Waals surface area contributed by atoms with Crippen LogP contribution in [0.5, 0.6) is 0 Å². The molecule has 0 radical (unpaired) electrons. The van der Waals surface area contributed by atoms with Gasteiger partial charge in [-0.25, -0.2) is 4.39 Å². The number of nitriles is 1. The van der Waals surface area contributed by atoms with Gasteiger partial charge in [0.25, 0.3) is 0 Å². The number of benzene rings is 1. The summed E-state index contributed by atoms with van der Waals surface area (Å²) < 4.78 is 14.6. The van der Waals surface area contributed by atoms with E-state index in [1.54, 1.807) is 36.4 Å². The van der Waals surface area contributed by atoms with Gasteiger partial charge in [-0.1, -0.05) is 48.6 Å². The molecular formula is C23H24FNO2. The number of aliphatic carboxylic acids is 1. The molecule has 0 aliphatic heterocycles. The van der Waals surface area contributed by atoms with E-state index in [0.717, 1.165) is 25.7 Å². The summed E-state index contributed by atoms with van der Waals surface area (Å²) >= 11 is 0. The lowest BCUT2D eigenvalue weighted by Gasteiger charge is -2.41. The molecule has 2 aliphatic rings. The quantitative estimate of drug-likeness (QED) is 0.730. The molecule has 2 unspecified atom stereocenters. The first kappa shape index (κ1) is 19.1. The Balaban J connectivity index is 2.03. The Labute approximate surface area is 159 Å². The van der Waals surface area contributed by atoms with E-state index in [1.807, 2.05) is 6.92 Å². The van der Waals surface area contributed by atoms with Crippen LogP contribution in [0.25, 0.3) is 5.57 Å². The Morgan fingerprint density at radius 1 is 1.30 bits per heavy atom. The van der Waals surface area contributed by atoms with Gasteiger partial charge < -0.3 is 5.11 Å². The molecule has 2 aliphatic carbocycles. The van der Waals surface area contributed by atoms with Gasteiger partial charge in [-0.15, -0.1) is 0 Å². The zero-order valence-corrected chi connectivity index (χ0v) is 15.4. The molecule has 1 aromatic carbocycles. The highest BCUT2D eigenvalue weighted by molar-refractivity contribution is 5.84. The number of carbonyl (C=O) groups is 1. The summed E-state index contributed by atoms with van der Waals surface area (Å²) in [6.45, 7) is 2.01. The normalized spacial score (nSPS) is 30.7. The van der Waals surface area contributed by atoms with E-state index in [2.05, 4.69) is 18.2 Å². The Kier molecular flexibility index (Phi) is 5.60. The lowest BCUT2D eigenvalue weighted by molar-refractivity contribution is -0.138. The third kappa shape index (κ3) is 3.60. The summed E-state index contributed by atoms with van der Waals surface area (Å²) in [6, 6.07) is 8.75. The second kappa shape index (κ2) is 7.92. The molecule has 0 spiro atoms. The van der Waals surface area contributed by atoms with Crippen molar-refractivity contribution in [1.29, 1.82) is 5.26 Å². The van der Waals surface area contributed by atoms with Crippen molar-refractivity contribution in [2.75, 3.05) is 0 Å². The van der Waals surface area contributed by atoms with Crippen molar-refractivity contribution in [1.82, 2.24) is 0 Å². The molecule has 1 N–H and O–H groups in total. The fourth-order valence-corrected chi connectivity index (χ4v) is 4.45. The summed E-state index contributed by atoms with van der Waals surface area (Å²) in [4.78, 5) is 11.5. The number of carboxylic acids is 1. The predicted molar refractivity (Wildman–Crippen MR) is 103 cm³/mol. The van der Waals surface area contributed by atoms with Crippen LogP contribution < -0.4 is 0 Å². The molecule has 1 fully saturated rings. The molecule has 1 saturated carbocycles. The molecule has 0 heterocycles. The van der Waals surface area contributed by atoms with Crippen molar-refractivity contribution in [3.05, 3.63) is 66.0 Å². The highest BCUT2D eigenvalue weighted by Gasteiger charge is 2.45. The Hall–Kier alpha value is -2.67. The summed E-state index contributed by atoms with van der Waals surface area (Å²) in [6.07, 6.45) is 12.8. The third-order valence-electron chi connectivity index (χ3n) is 5.87. The summed E-state index contributed by atoms with van der Waals surface area (Å²) in [5, 5.41) is 19.6. The molecule has 27 heavy (non-hydrogen) atoms. The number of rotatable bonds is 4. The SMILES string of the molecule is C/C=C/[C@H]1CC[C@H](C2(C#N)C=CC(C(=O)O)C=C2c2ccccc2F)CC1. The molecule has 3 rings (SSSR count). The molecule has 4 heteroatoms. The minimum atomic E-state index is -0.997. The van der Waals surface area contributed by atoms with Gasteiger partial charge in [0.1, 0.15) is 11.2 Å². The van der Waals surface area contributed by atoms with Crippen LogP contribution >= 0.6 is 0 Å². The average Bonchev–Trinajstić information content (AvgIpc) is 2.69. The first-order valence-electron chi connectivity index (χ1n) is 9.45. The maximum atomic E-state index is 14.6. The number of allylic oxidation sites excluding steroid dienone is 4. The van der Waals surface area contributed by atoms with Crippen LogP contribution in [0.15, 0.2) is 54.6 Å². The van der Waals surface area contributed by atoms with Gasteiger partial charge >= 0.3 is 5.97 Å². The third-order valence-corrected chi connectivity index (χ3v) is 5.87. The van der Waals surface area contributed by atoms with E-state index in [9.17, 15) is 19.6 Å². The highest BCUT2D eigenvalue weighted by Crippen LogP contribution is 2.52. The summed E-state index contributed by atoms with van der Waals surface area (Å²) in [7, 11) is 0. The number of hydrogen-bond acceptors (Lipinski definition) is 2. The van der Waals surface area contributed by atoms with Crippen LogP contribution in [0.4, 0.5) is 4.39 Å². The van der Waals surface area contributed by atoms with E-state index < -0.39 is 23.1 Å². The minimum absolute atomic E-state index is 0.0425. The average molecular weight is 365 g/mol. The van der Waals surface area contributed by atoms with E-state index in [0.29, 0.717) is 17.1 Å². The van der Waals surface area contributed by atoms with E-state index in [1.165, 1.54) is 6.07 Å². The number of nitrogens with zero attached hydrogens (tertiary/aromatic N) is 1. The van der Waals surface area contributed by atoms with Gasteiger partial charge in [-0.3, -0.25) is 4.79 Å². The maximum absolute atomic E-state index is 14.6. The molecule has 0 saturated heterocycles. The monoisotopic (exact) mass is 365 g/mol. The Morgan fingerprint density at radius 2 is 2.00 bits per heavy atom. The zero-order valence-electron chi connectivity index (χ0n) is 15.4. The van der Waals surface area contributed by atoms with Crippen molar-refractivity contribution in [3.8, 4) is 6.07 Å². The van der Waals surface area contributed by atoms with Crippen molar-refractivity contribution >= 4 is 11.5 Å². The lowest BCUT2D eigenvalue weighted by Crippen LogP contribution is -2.34. The van der Waals surface area contributed by atoms with Crippen molar-refractivity contribution < 1.29 is 14.3 Å². The summed E-state index contributed by atoms with van der Waals surface area (Å²) in [5.41, 5.74) is -0.174. The minimum Gasteiger partial charge on any atom is -0.481 e. The summed E-state index contributed by atoms with van der Waals surface area (Å²) in [5.74, 6) is -1.71. The molecular weight excluding hydrogens is 341 g/mol. The first-order valence-corrected chi connectivity index (χ1v) is 9.45. The number of carboxylic acid groups (broad SMARTS) is 1. The van der Waals surface area contributed by atoms with Gasteiger partial charge in [0.15, 0.2) is 0 Å². The molecule has 3 nitrogen and oxygen atoms in total. The highest BCUT2D eigenvalue weighted by atomic mass is 19.1. The van der Waals surface area contributed by atoms with E-state index >= 15 is 0 Å². The van der Waals surface area contributed by atoms with Gasteiger partial charge in [-0.05, 0) is 56.1 Å². The van der Waals surface area contributed by atoms with Crippen LogP contribution in [0, 0.1) is 40.3 Å². The molecule has 0 aromatic heterocycles. The van der Waals surface area contributed by atoms with Crippen LogP contribution in [-0.4, -0.2) is 11.1 Å². The van der Waals surface area contributed by atoms with Crippen LogP contribution in [-0.2, 0) is 4.79 Å². The number of hydrogen-bond donors (Lipinski definition) is 1. The van der Waals surface area contributed by atoms with Gasteiger partial charge in [0, 0.05) is 5.56 Å². The largest absolute Gasteiger partial charge is 0.481 e. The smallest absolute Gasteiger partial charge is 0.314 e. The van der Waals surface area contributed by atoms with Crippen LogP contribution in [0.1, 0.15) is 38.2 Å². The second-order valence-electron chi connectivity index (χ2n) is 7.40. The van der Waals surface area contributed by atoms with Gasteiger partial charge in [-0.2, -0.15) is 5.26 Å². The fourth-order valence-electron chi connectivity index (χ4n) is 4.45. The second-order valence-corrected chi connectivity index (χ2v) is 7.40. The first-order chi connectivity index (χ1) is 13.0. The van der Waals surface area contributed by atoms with E-state index in [4.69, 9.17) is 0 Å². The van der Waals surface area contributed by atoms with Crippen LogP contribution in [0.2, 0.25) is 0 Å². The zero-order chi connectivity index (χ0) is 19.4. The van der Waals surface area contributed by atoms with Crippen molar-refractivity contribution in [2.24, 2.45) is 23.2 Å². The van der Waals surface area contributed by atoms with E-state index in [-0.39, 0.29) is 5.92 Å². The lowest BCUT2D eigenvalue weighted by atomic mass is 9.60. The topological polar surface area (TPSA) is 61.1 Å². The molecule has 0 amide bonds. The number of halogens is 1. The van der Waals surface area contributed by atoms with Crippen molar-refractivity contribution in [3.63, 3.8) is 0 Å².